The molecule has 0 spiro atoms. The highest BCUT2D eigenvalue weighted by Gasteiger charge is 2.24. The van der Waals surface area contributed by atoms with Crippen LogP contribution in [-0.4, -0.2) is 16.9 Å². The van der Waals surface area contributed by atoms with Crippen molar-refractivity contribution >= 4 is 28.6 Å². The summed E-state index contributed by atoms with van der Waals surface area (Å²) >= 11 is 3.18. The van der Waals surface area contributed by atoms with Gasteiger partial charge < -0.3 is 5.32 Å². The summed E-state index contributed by atoms with van der Waals surface area (Å²) in [5, 5.41) is 10.0. The summed E-state index contributed by atoms with van der Waals surface area (Å²) in [5.74, 6) is 0.546. The average molecular weight is 306 g/mol. The summed E-state index contributed by atoms with van der Waals surface area (Å²) in [7, 11) is 0. The zero-order chi connectivity index (χ0) is 13.9. The lowest BCUT2D eigenvalue weighted by Crippen LogP contribution is -2.41. The number of carbonyl (C=O) groups is 1. The summed E-state index contributed by atoms with van der Waals surface area (Å²) in [6.07, 6.45) is 4.80. The summed E-state index contributed by atoms with van der Waals surface area (Å²) in [5.41, 5.74) is 1.65. The van der Waals surface area contributed by atoms with Crippen molar-refractivity contribution in [2.24, 2.45) is 5.92 Å². The maximum Gasteiger partial charge on any atom is 0.271 e. The van der Waals surface area contributed by atoms with Crippen LogP contribution in [0.5, 0.6) is 0 Å². The van der Waals surface area contributed by atoms with Gasteiger partial charge in [-0.15, -0.1) is 11.3 Å². The minimum atomic E-state index is -0.0264. The molecule has 5 heteroatoms. The van der Waals surface area contributed by atoms with Gasteiger partial charge in [0.1, 0.15) is 10.7 Å². The highest BCUT2D eigenvalue weighted by atomic mass is 32.1. The Balaban J connectivity index is 1.68. The molecule has 2 atom stereocenters. The number of thiazole rings is 1. The molecular weight excluding hydrogens is 288 g/mol. The van der Waals surface area contributed by atoms with Gasteiger partial charge in [0.25, 0.3) is 5.91 Å². The molecule has 0 saturated heterocycles. The predicted molar refractivity (Wildman–Crippen MR) is 84.3 cm³/mol. The van der Waals surface area contributed by atoms with E-state index < -0.39 is 0 Å². The van der Waals surface area contributed by atoms with Gasteiger partial charge in [-0.2, -0.15) is 11.3 Å². The van der Waals surface area contributed by atoms with Crippen LogP contribution in [0.2, 0.25) is 0 Å². The standard InChI is InChI=1S/C15H18N2OS2/c1-10-4-2-3-5-12(10)16-14(18)13-9-20-15(17-13)11-6-7-19-8-11/h6-10,12H,2-5H2,1H3,(H,16,18)/t10-,12-/m0/s1. The first-order valence-electron chi connectivity index (χ1n) is 7.03. The van der Waals surface area contributed by atoms with E-state index in [-0.39, 0.29) is 5.91 Å². The van der Waals surface area contributed by atoms with Crippen LogP contribution in [0.25, 0.3) is 10.6 Å². The number of nitrogens with zero attached hydrogens (tertiary/aromatic N) is 1. The summed E-state index contributed by atoms with van der Waals surface area (Å²) in [6.45, 7) is 2.22. The average Bonchev–Trinajstić information content (AvgIpc) is 3.11. The molecule has 0 bridgehead atoms. The van der Waals surface area contributed by atoms with E-state index in [1.165, 1.54) is 30.6 Å². The first kappa shape index (κ1) is 13.8. The molecule has 0 aromatic carbocycles. The normalized spacial score (nSPS) is 22.6. The van der Waals surface area contributed by atoms with E-state index in [0.717, 1.165) is 17.0 Å². The number of rotatable bonds is 3. The van der Waals surface area contributed by atoms with Crippen molar-refractivity contribution in [3.05, 3.63) is 27.9 Å². The van der Waals surface area contributed by atoms with Crippen LogP contribution in [0.1, 0.15) is 43.1 Å². The van der Waals surface area contributed by atoms with Crippen LogP contribution in [0.15, 0.2) is 22.2 Å². The molecule has 2 aromatic rings. The molecule has 3 nitrogen and oxygen atoms in total. The quantitative estimate of drug-likeness (QED) is 0.924. The SMILES string of the molecule is C[C@H]1CCCC[C@@H]1NC(=O)c1csc(-c2ccsc2)n1. The van der Waals surface area contributed by atoms with Crippen molar-refractivity contribution in [1.29, 1.82) is 0 Å². The molecule has 20 heavy (non-hydrogen) atoms. The van der Waals surface area contributed by atoms with Crippen LogP contribution >= 0.6 is 22.7 Å². The number of hydrogen-bond donors (Lipinski definition) is 1. The van der Waals surface area contributed by atoms with E-state index in [4.69, 9.17) is 0 Å². The molecule has 106 valence electrons. The number of aromatic nitrogens is 1. The Kier molecular flexibility index (Phi) is 4.17. The molecule has 1 saturated carbocycles. The summed E-state index contributed by atoms with van der Waals surface area (Å²) in [6, 6.07) is 2.34. The van der Waals surface area contributed by atoms with Crippen LogP contribution < -0.4 is 5.32 Å². The maximum absolute atomic E-state index is 12.3. The fourth-order valence-electron chi connectivity index (χ4n) is 2.67. The van der Waals surface area contributed by atoms with Crippen molar-refractivity contribution in [1.82, 2.24) is 10.3 Å². The molecule has 1 amide bonds. The van der Waals surface area contributed by atoms with Crippen LogP contribution in [0.4, 0.5) is 0 Å². The third-order valence-corrected chi connectivity index (χ3v) is 5.51. The Bertz CT molecular complexity index is 576. The molecular formula is C15H18N2OS2. The van der Waals surface area contributed by atoms with Gasteiger partial charge in [0, 0.05) is 22.4 Å². The fourth-order valence-corrected chi connectivity index (χ4v) is 4.18. The second kappa shape index (κ2) is 6.06. The highest BCUT2D eigenvalue weighted by molar-refractivity contribution is 7.14. The molecule has 3 rings (SSSR count). The summed E-state index contributed by atoms with van der Waals surface area (Å²) in [4.78, 5) is 16.7. The summed E-state index contributed by atoms with van der Waals surface area (Å²) < 4.78 is 0. The van der Waals surface area contributed by atoms with Gasteiger partial charge in [-0.3, -0.25) is 4.79 Å². The third-order valence-electron chi connectivity index (χ3n) is 3.93. The van der Waals surface area contributed by atoms with E-state index in [0.29, 0.717) is 17.7 Å². The van der Waals surface area contributed by atoms with E-state index in [9.17, 15) is 4.79 Å². The van der Waals surface area contributed by atoms with Crippen LogP contribution in [0, 0.1) is 5.92 Å². The zero-order valence-corrected chi connectivity index (χ0v) is 13.1. The maximum atomic E-state index is 12.3. The monoisotopic (exact) mass is 306 g/mol. The molecule has 0 unspecified atom stereocenters. The second-order valence-electron chi connectivity index (χ2n) is 5.39. The molecule has 1 aliphatic rings. The van der Waals surface area contributed by atoms with Crippen molar-refractivity contribution in [3.63, 3.8) is 0 Å². The van der Waals surface area contributed by atoms with Crippen molar-refractivity contribution in [2.75, 3.05) is 0 Å². The third kappa shape index (κ3) is 2.94. The number of nitrogens with one attached hydrogen (secondary N) is 1. The minimum Gasteiger partial charge on any atom is -0.348 e. The number of carbonyl (C=O) groups excluding carboxylic acids is 1. The van der Waals surface area contributed by atoms with E-state index in [1.54, 1.807) is 11.3 Å². The first-order valence-corrected chi connectivity index (χ1v) is 8.85. The van der Waals surface area contributed by atoms with Gasteiger partial charge in [0.2, 0.25) is 0 Å². The van der Waals surface area contributed by atoms with Crippen LogP contribution in [0.3, 0.4) is 0 Å². The van der Waals surface area contributed by atoms with Gasteiger partial charge in [-0.25, -0.2) is 4.98 Å². The van der Waals surface area contributed by atoms with Gasteiger partial charge in [-0.05, 0) is 30.2 Å². The Morgan fingerprint density at radius 1 is 1.35 bits per heavy atom. The smallest absolute Gasteiger partial charge is 0.271 e. The van der Waals surface area contributed by atoms with E-state index >= 15 is 0 Å². The highest BCUT2D eigenvalue weighted by Crippen LogP contribution is 2.27. The van der Waals surface area contributed by atoms with Gasteiger partial charge in [0.05, 0.1) is 0 Å². The zero-order valence-electron chi connectivity index (χ0n) is 11.5. The Labute approximate surface area is 127 Å². The lowest BCUT2D eigenvalue weighted by molar-refractivity contribution is 0.0906. The number of amides is 1. The van der Waals surface area contributed by atoms with Gasteiger partial charge >= 0.3 is 0 Å². The predicted octanol–water partition coefficient (Wildman–Crippen LogP) is 4.18. The molecule has 0 aliphatic heterocycles. The van der Waals surface area contributed by atoms with E-state index in [2.05, 4.69) is 22.6 Å². The first-order chi connectivity index (χ1) is 9.74. The molecule has 1 aliphatic carbocycles. The molecule has 1 fully saturated rings. The molecule has 0 radical (unpaired) electrons. The Hall–Kier alpha value is -1.20. The molecule has 1 N–H and O–H groups in total. The molecule has 2 heterocycles. The molecule has 2 aromatic heterocycles. The van der Waals surface area contributed by atoms with Crippen molar-refractivity contribution in [2.45, 2.75) is 38.6 Å². The fraction of sp³-hybridized carbons (Fsp3) is 0.467. The Morgan fingerprint density at radius 3 is 2.95 bits per heavy atom. The van der Waals surface area contributed by atoms with Gasteiger partial charge in [0.15, 0.2) is 0 Å². The van der Waals surface area contributed by atoms with Crippen molar-refractivity contribution < 1.29 is 4.79 Å². The lowest BCUT2D eigenvalue weighted by Gasteiger charge is -2.29. The number of hydrogen-bond acceptors (Lipinski definition) is 4. The van der Waals surface area contributed by atoms with E-state index in [1.807, 2.05) is 16.8 Å². The van der Waals surface area contributed by atoms with Crippen molar-refractivity contribution in [3.8, 4) is 10.6 Å². The minimum absolute atomic E-state index is 0.0264. The Morgan fingerprint density at radius 2 is 2.20 bits per heavy atom. The van der Waals surface area contributed by atoms with Crippen LogP contribution in [-0.2, 0) is 0 Å². The largest absolute Gasteiger partial charge is 0.348 e. The number of thiophene rings is 1. The second-order valence-corrected chi connectivity index (χ2v) is 7.03. The lowest BCUT2D eigenvalue weighted by atomic mass is 9.86. The van der Waals surface area contributed by atoms with Gasteiger partial charge in [-0.1, -0.05) is 19.8 Å². The topological polar surface area (TPSA) is 42.0 Å².